The van der Waals surface area contributed by atoms with Gasteiger partial charge in [0.1, 0.15) is 16.1 Å². The van der Waals surface area contributed by atoms with Gasteiger partial charge in [-0.1, -0.05) is 41.9 Å². The second-order valence-electron chi connectivity index (χ2n) is 7.91. The largest absolute Gasteiger partial charge is 0.467 e. The Morgan fingerprint density at radius 1 is 1.23 bits per heavy atom. The highest BCUT2D eigenvalue weighted by Gasteiger charge is 2.42. The summed E-state index contributed by atoms with van der Waals surface area (Å²) in [6.45, 7) is -0.501. The summed E-state index contributed by atoms with van der Waals surface area (Å²) in [5.74, 6) is -0.819. The van der Waals surface area contributed by atoms with Crippen LogP contribution in [0.1, 0.15) is 11.1 Å². The number of carbonyl (C=O) groups is 2. The molecule has 35 heavy (non-hydrogen) atoms. The number of nitrogens with zero attached hydrogens (tertiary/aromatic N) is 3. The highest BCUT2D eigenvalue weighted by Crippen LogP contribution is 2.33. The maximum Gasteiger partial charge on any atom is 0.329 e. The van der Waals surface area contributed by atoms with Crippen LogP contribution in [0.5, 0.6) is 0 Å². The number of amidine groups is 1. The number of fused-ring (bicyclic) bond motifs is 1. The molecular formula is C23H23ClN4O5S2. The SMILES string of the molecule is CN=C(N)c1ccc(CN2C(=O)CN(S(=O)(=O)c3cc4ccc(Cl)cc4s3)C[C@@H]2C(=O)OC)cc1. The average molecular weight is 535 g/mol. The minimum atomic E-state index is -4.03. The Labute approximate surface area is 211 Å². The van der Waals surface area contributed by atoms with Gasteiger partial charge < -0.3 is 15.4 Å². The van der Waals surface area contributed by atoms with Crippen LogP contribution in [0.3, 0.4) is 0 Å². The number of benzene rings is 2. The molecule has 1 fully saturated rings. The molecule has 1 atom stereocenters. The summed E-state index contributed by atoms with van der Waals surface area (Å²) in [7, 11) is -1.24. The molecule has 3 aromatic rings. The minimum absolute atomic E-state index is 0.0744. The van der Waals surface area contributed by atoms with Crippen molar-refractivity contribution in [3.05, 3.63) is 64.7 Å². The molecule has 0 radical (unpaired) electrons. The predicted molar refractivity (Wildman–Crippen MR) is 135 cm³/mol. The fourth-order valence-electron chi connectivity index (χ4n) is 3.83. The maximum absolute atomic E-state index is 13.4. The van der Waals surface area contributed by atoms with Gasteiger partial charge in [-0.25, -0.2) is 13.2 Å². The van der Waals surface area contributed by atoms with Gasteiger partial charge in [0.25, 0.3) is 10.0 Å². The van der Waals surface area contributed by atoms with Gasteiger partial charge >= 0.3 is 5.97 Å². The van der Waals surface area contributed by atoms with E-state index in [1.165, 1.54) is 12.0 Å². The number of carbonyl (C=O) groups excluding carboxylic acids is 2. The standard InChI is InChI=1S/C23H23ClN4O5S2/c1-26-22(25)15-5-3-14(4-6-15)11-28-18(23(30)33-2)12-27(13-20(28)29)35(31,32)21-9-16-7-8-17(24)10-19(16)34-21/h3-10,18H,11-13H2,1-2H3,(H2,25,26)/t18-/m1/s1. The van der Waals surface area contributed by atoms with E-state index in [9.17, 15) is 18.0 Å². The first kappa shape index (κ1) is 25.1. The number of esters is 1. The molecule has 2 aromatic carbocycles. The van der Waals surface area contributed by atoms with Crippen LogP contribution in [-0.2, 0) is 30.9 Å². The lowest BCUT2D eigenvalue weighted by molar-refractivity contribution is -0.157. The molecule has 0 aliphatic carbocycles. The number of hydrogen-bond donors (Lipinski definition) is 1. The number of hydrogen-bond acceptors (Lipinski definition) is 7. The molecule has 4 rings (SSSR count). The lowest BCUT2D eigenvalue weighted by Crippen LogP contribution is -2.60. The van der Waals surface area contributed by atoms with Gasteiger partial charge in [-0.2, -0.15) is 4.31 Å². The Kier molecular flexibility index (Phi) is 7.13. The molecule has 184 valence electrons. The van der Waals surface area contributed by atoms with Crippen LogP contribution >= 0.6 is 22.9 Å². The lowest BCUT2D eigenvalue weighted by atomic mass is 10.1. The van der Waals surface area contributed by atoms with Crippen LogP contribution in [0.15, 0.2) is 57.7 Å². The molecule has 12 heteroatoms. The number of methoxy groups -OCH3 is 1. The van der Waals surface area contributed by atoms with Gasteiger partial charge in [-0.3, -0.25) is 9.79 Å². The van der Waals surface area contributed by atoms with Crippen LogP contribution < -0.4 is 5.73 Å². The van der Waals surface area contributed by atoms with Crippen molar-refractivity contribution < 1.29 is 22.7 Å². The summed E-state index contributed by atoms with van der Waals surface area (Å²) in [5.41, 5.74) is 7.30. The third kappa shape index (κ3) is 5.03. The first-order valence-electron chi connectivity index (χ1n) is 10.5. The molecule has 0 spiro atoms. The Morgan fingerprint density at radius 3 is 2.60 bits per heavy atom. The number of ether oxygens (including phenoxy) is 1. The number of aliphatic imine (C=N–C) groups is 1. The number of amides is 1. The normalized spacial score (nSPS) is 17.7. The van der Waals surface area contributed by atoms with Crippen LogP contribution in [0.4, 0.5) is 0 Å². The number of nitrogens with two attached hydrogens (primary N) is 1. The zero-order valence-corrected chi connectivity index (χ0v) is 21.4. The molecule has 0 bridgehead atoms. The molecule has 2 heterocycles. The molecule has 1 amide bonds. The predicted octanol–water partition coefficient (Wildman–Crippen LogP) is 2.46. The van der Waals surface area contributed by atoms with E-state index in [0.717, 1.165) is 32.2 Å². The van der Waals surface area contributed by atoms with Gasteiger partial charge in [0.05, 0.1) is 13.7 Å². The average Bonchev–Trinajstić information content (AvgIpc) is 3.28. The molecule has 1 aliphatic heterocycles. The Morgan fingerprint density at radius 2 is 1.94 bits per heavy atom. The van der Waals surface area contributed by atoms with E-state index in [-0.39, 0.29) is 17.3 Å². The topological polar surface area (TPSA) is 122 Å². The van der Waals surface area contributed by atoms with Crippen molar-refractivity contribution in [2.24, 2.45) is 10.7 Å². The van der Waals surface area contributed by atoms with Crippen LogP contribution in [-0.4, -0.2) is 68.6 Å². The van der Waals surface area contributed by atoms with E-state index in [1.54, 1.807) is 55.6 Å². The lowest BCUT2D eigenvalue weighted by Gasteiger charge is -2.38. The number of halogens is 1. The number of rotatable bonds is 6. The van der Waals surface area contributed by atoms with E-state index in [4.69, 9.17) is 22.1 Å². The van der Waals surface area contributed by atoms with E-state index in [2.05, 4.69) is 4.99 Å². The van der Waals surface area contributed by atoms with Crippen molar-refractivity contribution >= 4 is 60.8 Å². The van der Waals surface area contributed by atoms with Crippen LogP contribution in [0.25, 0.3) is 10.1 Å². The van der Waals surface area contributed by atoms with Crippen LogP contribution in [0, 0.1) is 0 Å². The zero-order valence-electron chi connectivity index (χ0n) is 19.0. The second kappa shape index (κ2) is 9.94. The summed E-state index contributed by atoms with van der Waals surface area (Å²) in [6, 6.07) is 12.6. The van der Waals surface area contributed by atoms with Crippen molar-refractivity contribution in [2.45, 2.75) is 16.8 Å². The minimum Gasteiger partial charge on any atom is -0.467 e. The van der Waals surface area contributed by atoms with Gasteiger partial charge in [-0.15, -0.1) is 11.3 Å². The van der Waals surface area contributed by atoms with Crippen molar-refractivity contribution in [1.82, 2.24) is 9.21 Å². The fourth-order valence-corrected chi connectivity index (χ4v) is 7.06. The molecule has 1 saturated heterocycles. The molecule has 1 aliphatic rings. The summed E-state index contributed by atoms with van der Waals surface area (Å²) in [6.07, 6.45) is 0. The van der Waals surface area contributed by atoms with E-state index >= 15 is 0 Å². The summed E-state index contributed by atoms with van der Waals surface area (Å²) in [4.78, 5) is 31.0. The quantitative estimate of drug-likeness (QED) is 0.294. The van der Waals surface area contributed by atoms with E-state index in [0.29, 0.717) is 15.6 Å². The highest BCUT2D eigenvalue weighted by molar-refractivity contribution is 7.91. The van der Waals surface area contributed by atoms with Crippen molar-refractivity contribution in [1.29, 1.82) is 0 Å². The first-order chi connectivity index (χ1) is 16.6. The molecule has 0 unspecified atom stereocenters. The fraction of sp³-hybridized carbons (Fsp3) is 0.261. The van der Waals surface area contributed by atoms with Crippen molar-refractivity contribution in [2.75, 3.05) is 27.2 Å². The molecule has 2 N–H and O–H groups in total. The Balaban J connectivity index is 1.60. The van der Waals surface area contributed by atoms with Gasteiger partial charge in [-0.05, 0) is 29.1 Å². The van der Waals surface area contributed by atoms with E-state index < -0.39 is 34.5 Å². The Bertz CT molecular complexity index is 1420. The van der Waals surface area contributed by atoms with Crippen molar-refractivity contribution in [3.63, 3.8) is 0 Å². The second-order valence-corrected chi connectivity index (χ2v) is 11.6. The smallest absolute Gasteiger partial charge is 0.329 e. The molecule has 0 saturated carbocycles. The monoisotopic (exact) mass is 534 g/mol. The Hall–Kier alpha value is -2.99. The summed E-state index contributed by atoms with van der Waals surface area (Å²) >= 11 is 7.09. The zero-order chi connectivity index (χ0) is 25.3. The van der Waals surface area contributed by atoms with Gasteiger partial charge in [0.15, 0.2) is 0 Å². The molecule has 9 nitrogen and oxygen atoms in total. The summed E-state index contributed by atoms with van der Waals surface area (Å²) in [5, 5.41) is 1.22. The number of sulfonamides is 1. The third-order valence-corrected chi connectivity index (χ3v) is 9.35. The van der Waals surface area contributed by atoms with Gasteiger partial charge in [0, 0.05) is 35.4 Å². The third-order valence-electron chi connectivity index (χ3n) is 5.76. The van der Waals surface area contributed by atoms with E-state index in [1.807, 2.05) is 0 Å². The van der Waals surface area contributed by atoms with Crippen LogP contribution in [0.2, 0.25) is 5.02 Å². The first-order valence-corrected chi connectivity index (χ1v) is 13.2. The molecule has 1 aromatic heterocycles. The molecular weight excluding hydrogens is 512 g/mol. The summed E-state index contributed by atoms with van der Waals surface area (Å²) < 4.78 is 33.5. The maximum atomic E-state index is 13.4. The highest BCUT2D eigenvalue weighted by atomic mass is 35.5. The van der Waals surface area contributed by atoms with Crippen molar-refractivity contribution in [3.8, 4) is 0 Å². The van der Waals surface area contributed by atoms with Gasteiger partial charge in [0.2, 0.25) is 5.91 Å². The number of thiophene rings is 1. The number of piperazine rings is 1.